The number of rotatable bonds is 5. The first-order valence-electron chi connectivity index (χ1n) is 12.2. The number of nitrogens with zero attached hydrogens (tertiary/aromatic N) is 4. The zero-order valence-corrected chi connectivity index (χ0v) is 22.3. The maximum Gasteiger partial charge on any atom is 0.332 e. The number of phenolic OH excluding ortho intramolecular Hbond substituents is 1. The molecule has 0 aliphatic carbocycles. The normalized spacial score (nSPS) is 13.2. The van der Waals surface area contributed by atoms with Crippen LogP contribution < -0.4 is 21.2 Å². The Morgan fingerprint density at radius 3 is 2.51 bits per heavy atom. The van der Waals surface area contributed by atoms with E-state index in [4.69, 9.17) is 11.6 Å². The molecule has 0 atom stereocenters. The molecule has 0 bridgehead atoms. The van der Waals surface area contributed by atoms with Crippen LogP contribution in [0.3, 0.4) is 0 Å². The van der Waals surface area contributed by atoms with E-state index in [0.29, 0.717) is 35.7 Å². The van der Waals surface area contributed by atoms with Gasteiger partial charge in [-0.05, 0) is 54.4 Å². The van der Waals surface area contributed by atoms with Crippen molar-refractivity contribution in [3.63, 3.8) is 0 Å². The van der Waals surface area contributed by atoms with Gasteiger partial charge in [0.1, 0.15) is 23.2 Å². The molecule has 3 heterocycles. The maximum atomic E-state index is 15.0. The lowest BCUT2D eigenvalue weighted by Crippen LogP contribution is -2.34. The van der Waals surface area contributed by atoms with Crippen LogP contribution >= 0.6 is 11.6 Å². The van der Waals surface area contributed by atoms with E-state index < -0.39 is 5.82 Å². The van der Waals surface area contributed by atoms with Crippen molar-refractivity contribution in [2.24, 2.45) is 7.05 Å². The van der Waals surface area contributed by atoms with Crippen molar-refractivity contribution in [1.29, 1.82) is 0 Å². The van der Waals surface area contributed by atoms with Gasteiger partial charge in [-0.1, -0.05) is 17.7 Å². The third-order valence-corrected chi connectivity index (χ3v) is 6.67. The monoisotopic (exact) mass is 548 g/mol. The van der Waals surface area contributed by atoms with Crippen molar-refractivity contribution < 1.29 is 14.3 Å². The Kier molecular flexibility index (Phi) is 6.88. The molecule has 0 fully saturated rings. The number of amides is 1. The lowest BCUT2D eigenvalue weighted by atomic mass is 9.97. The number of anilines is 2. The molecular formula is C28H26ClFN6O3. The molecule has 11 heteroatoms. The molecule has 1 amide bonds. The number of halogens is 2. The van der Waals surface area contributed by atoms with Crippen molar-refractivity contribution in [1.82, 2.24) is 19.4 Å². The zero-order chi connectivity index (χ0) is 27.8. The quantitative estimate of drug-likeness (QED) is 0.336. The van der Waals surface area contributed by atoms with E-state index in [1.54, 1.807) is 49.8 Å². The largest absolute Gasteiger partial charge is 0.507 e. The molecule has 9 nitrogen and oxygen atoms in total. The van der Waals surface area contributed by atoms with Crippen molar-refractivity contribution in [3.05, 3.63) is 88.1 Å². The first-order chi connectivity index (χ1) is 18.6. The summed E-state index contributed by atoms with van der Waals surface area (Å²) in [6.07, 6.45) is 5.11. The highest BCUT2D eigenvalue weighted by Gasteiger charge is 2.19. The fourth-order valence-electron chi connectivity index (χ4n) is 4.52. The summed E-state index contributed by atoms with van der Waals surface area (Å²) < 4.78 is 17.8. The highest BCUT2D eigenvalue weighted by atomic mass is 35.5. The van der Waals surface area contributed by atoms with Crippen LogP contribution in [0.5, 0.6) is 5.75 Å². The first-order valence-corrected chi connectivity index (χ1v) is 12.5. The molecule has 2 aromatic heterocycles. The summed E-state index contributed by atoms with van der Waals surface area (Å²) in [5.41, 5.74) is 2.50. The number of aryl methyl sites for hydroxylation is 1. The van der Waals surface area contributed by atoms with E-state index in [1.807, 2.05) is 18.0 Å². The molecule has 0 saturated heterocycles. The number of carbonyl (C=O) groups excluding carboxylic acids is 1. The molecule has 0 spiro atoms. The van der Waals surface area contributed by atoms with Gasteiger partial charge in [0, 0.05) is 62.5 Å². The fraction of sp³-hybridized carbons (Fsp3) is 0.179. The second-order valence-corrected chi connectivity index (χ2v) is 9.70. The van der Waals surface area contributed by atoms with Gasteiger partial charge in [-0.2, -0.15) is 0 Å². The molecule has 1 aliphatic rings. The van der Waals surface area contributed by atoms with Crippen LogP contribution in [0.15, 0.2) is 71.5 Å². The number of imidazole rings is 1. The molecule has 2 aromatic carbocycles. The van der Waals surface area contributed by atoms with E-state index in [-0.39, 0.29) is 39.3 Å². The second kappa shape index (κ2) is 10.3. The highest BCUT2D eigenvalue weighted by Crippen LogP contribution is 2.41. The molecule has 0 saturated carbocycles. The average Bonchev–Trinajstić information content (AvgIpc) is 3.22. The van der Waals surface area contributed by atoms with Gasteiger partial charge in [0.25, 0.3) is 0 Å². The van der Waals surface area contributed by atoms with Gasteiger partial charge >= 0.3 is 5.69 Å². The molecule has 4 aromatic rings. The Labute approximate surface area is 228 Å². The number of phenols is 1. The zero-order valence-electron chi connectivity index (χ0n) is 21.5. The van der Waals surface area contributed by atoms with Gasteiger partial charge in [0.2, 0.25) is 5.91 Å². The minimum Gasteiger partial charge on any atom is -0.507 e. The van der Waals surface area contributed by atoms with E-state index >= 15 is 0 Å². The Morgan fingerprint density at radius 2 is 1.87 bits per heavy atom. The van der Waals surface area contributed by atoms with Gasteiger partial charge in [-0.15, -0.1) is 0 Å². The predicted octanol–water partition coefficient (Wildman–Crippen LogP) is 4.63. The topological polar surface area (TPSA) is 104 Å². The molecular weight excluding hydrogens is 523 g/mol. The van der Waals surface area contributed by atoms with Crippen LogP contribution in [-0.4, -0.2) is 38.2 Å². The highest BCUT2D eigenvalue weighted by molar-refractivity contribution is 6.32. The number of benzene rings is 2. The van der Waals surface area contributed by atoms with Crippen LogP contribution in [0.1, 0.15) is 13.8 Å². The number of aromatic nitrogens is 3. The SMILES string of the molecule is CC(=O)Nc1cc(-c2cc(F)cc(-c3ccc(-n4ccn(C)c4=O)c(Cl)c3)c2O)cc(N2C=C(C)NCC2)n1. The van der Waals surface area contributed by atoms with Gasteiger partial charge in [-0.3, -0.25) is 9.36 Å². The Bertz CT molecular complexity index is 1690. The maximum absolute atomic E-state index is 15.0. The van der Waals surface area contributed by atoms with Crippen molar-refractivity contribution >= 4 is 29.1 Å². The van der Waals surface area contributed by atoms with Crippen LogP contribution in [-0.2, 0) is 11.8 Å². The van der Waals surface area contributed by atoms with Gasteiger partial charge in [-0.25, -0.2) is 14.2 Å². The smallest absolute Gasteiger partial charge is 0.332 e. The number of pyridine rings is 1. The Balaban J connectivity index is 1.62. The average molecular weight is 549 g/mol. The van der Waals surface area contributed by atoms with Crippen molar-refractivity contribution in [2.45, 2.75) is 13.8 Å². The van der Waals surface area contributed by atoms with E-state index in [1.165, 1.54) is 28.2 Å². The molecule has 1 aliphatic heterocycles. The molecule has 0 radical (unpaired) electrons. The molecule has 39 heavy (non-hydrogen) atoms. The Hall–Kier alpha value is -4.57. The fourth-order valence-corrected chi connectivity index (χ4v) is 4.79. The number of hydrogen-bond donors (Lipinski definition) is 3. The summed E-state index contributed by atoms with van der Waals surface area (Å²) in [6.45, 7) is 4.63. The van der Waals surface area contributed by atoms with Crippen LogP contribution in [0, 0.1) is 5.82 Å². The summed E-state index contributed by atoms with van der Waals surface area (Å²) in [7, 11) is 1.63. The minimum atomic E-state index is -0.574. The predicted molar refractivity (Wildman–Crippen MR) is 150 cm³/mol. The van der Waals surface area contributed by atoms with Gasteiger partial charge in [0.15, 0.2) is 0 Å². The van der Waals surface area contributed by atoms with E-state index in [9.17, 15) is 19.1 Å². The molecule has 5 rings (SSSR count). The first kappa shape index (κ1) is 26.1. The minimum absolute atomic E-state index is 0.171. The lowest BCUT2D eigenvalue weighted by molar-refractivity contribution is -0.114. The number of hydrogen-bond acceptors (Lipinski definition) is 6. The Morgan fingerprint density at radius 1 is 1.13 bits per heavy atom. The molecule has 3 N–H and O–H groups in total. The van der Waals surface area contributed by atoms with Crippen LogP contribution in [0.4, 0.5) is 16.0 Å². The number of carbonyl (C=O) groups is 1. The van der Waals surface area contributed by atoms with Crippen LogP contribution in [0.25, 0.3) is 27.9 Å². The van der Waals surface area contributed by atoms with Crippen LogP contribution in [0.2, 0.25) is 5.02 Å². The molecule has 200 valence electrons. The van der Waals surface area contributed by atoms with Crippen molar-refractivity contribution in [2.75, 3.05) is 23.3 Å². The third kappa shape index (κ3) is 5.23. The number of nitrogens with one attached hydrogen (secondary N) is 2. The molecule has 0 unspecified atom stereocenters. The summed E-state index contributed by atoms with van der Waals surface area (Å²) in [5.74, 6) is -0.257. The second-order valence-electron chi connectivity index (χ2n) is 9.29. The van der Waals surface area contributed by atoms with E-state index in [2.05, 4.69) is 15.6 Å². The summed E-state index contributed by atoms with van der Waals surface area (Å²) >= 11 is 6.52. The van der Waals surface area contributed by atoms with E-state index in [0.717, 1.165) is 5.70 Å². The summed E-state index contributed by atoms with van der Waals surface area (Å²) in [6, 6.07) is 10.6. The number of aromatic hydroxyl groups is 1. The summed E-state index contributed by atoms with van der Waals surface area (Å²) in [5, 5.41) is 17.5. The summed E-state index contributed by atoms with van der Waals surface area (Å²) in [4.78, 5) is 30.6. The third-order valence-electron chi connectivity index (χ3n) is 6.37. The van der Waals surface area contributed by atoms with Gasteiger partial charge in [0.05, 0.1) is 10.7 Å². The lowest BCUT2D eigenvalue weighted by Gasteiger charge is -2.27. The van der Waals surface area contributed by atoms with Gasteiger partial charge < -0.3 is 25.2 Å². The number of allylic oxidation sites excluding steroid dienone is 1. The van der Waals surface area contributed by atoms with Crippen molar-refractivity contribution in [3.8, 4) is 33.7 Å². The standard InChI is InChI=1S/C28H26ClFN6O3/c1-16-15-35(7-6-31-16)26-12-19(11-25(33-26)32-17(2)37)22-14-20(30)13-21(27(22)38)18-4-5-24(23(29)10-18)36-9-8-34(3)28(36)39/h4-5,8-15,31,38H,6-7H2,1-3H3,(H,32,33,37).